The Bertz CT molecular complexity index is 1910. The molecule has 0 aliphatic heterocycles. The predicted octanol–water partition coefficient (Wildman–Crippen LogP) is 8.90. The fourth-order valence-electron chi connectivity index (χ4n) is 6.50. The molecule has 0 amide bonds. The Morgan fingerprint density at radius 3 is 1.64 bits per heavy atom. The number of benzene rings is 6. The third kappa shape index (κ3) is 4.16. The average Bonchev–Trinajstić information content (AvgIpc) is 3.34. The maximum Gasteiger partial charge on any atom is 0.120 e. The van der Waals surface area contributed by atoms with Crippen LogP contribution in [0.5, 0.6) is 11.5 Å². The highest BCUT2D eigenvalue weighted by Crippen LogP contribution is 2.56. The van der Waals surface area contributed by atoms with Crippen molar-refractivity contribution < 1.29 is 14.6 Å². The van der Waals surface area contributed by atoms with Crippen LogP contribution in [0.25, 0.3) is 32.7 Å². The van der Waals surface area contributed by atoms with Crippen molar-refractivity contribution in [2.45, 2.75) is 31.3 Å². The molecule has 0 saturated heterocycles. The Labute approximate surface area is 247 Å². The number of aliphatic hydroxyl groups is 1. The van der Waals surface area contributed by atoms with Crippen LogP contribution in [-0.4, -0.2) is 24.4 Å². The first-order valence-corrected chi connectivity index (χ1v) is 14.6. The maximum atomic E-state index is 10.4. The van der Waals surface area contributed by atoms with Gasteiger partial charge in [0, 0.05) is 0 Å². The van der Waals surface area contributed by atoms with Crippen molar-refractivity contribution >= 4 is 21.5 Å². The lowest BCUT2D eigenvalue weighted by atomic mass is 9.67. The molecule has 208 valence electrons. The van der Waals surface area contributed by atoms with Gasteiger partial charge in [-0.25, -0.2) is 0 Å². The van der Waals surface area contributed by atoms with Crippen molar-refractivity contribution in [1.29, 1.82) is 0 Å². The molecule has 0 spiro atoms. The molecule has 3 nitrogen and oxygen atoms in total. The van der Waals surface area contributed by atoms with Crippen LogP contribution in [0.2, 0.25) is 0 Å². The Morgan fingerprint density at radius 1 is 0.619 bits per heavy atom. The molecule has 0 bridgehead atoms. The summed E-state index contributed by atoms with van der Waals surface area (Å²) in [4.78, 5) is 0. The van der Waals surface area contributed by atoms with Crippen LogP contribution in [0.1, 0.15) is 42.5 Å². The third-order valence-electron chi connectivity index (χ3n) is 8.99. The van der Waals surface area contributed by atoms with Gasteiger partial charge in [-0.1, -0.05) is 91.9 Å². The van der Waals surface area contributed by atoms with Gasteiger partial charge in [-0.2, -0.15) is 0 Å². The highest BCUT2D eigenvalue weighted by Gasteiger charge is 2.46. The molecular weight excluding hydrogens is 516 g/mol. The van der Waals surface area contributed by atoms with Crippen molar-refractivity contribution in [1.82, 2.24) is 0 Å². The summed E-state index contributed by atoms with van der Waals surface area (Å²) in [6, 6.07) is 43.8. The minimum absolute atomic E-state index is 0.262. The molecule has 1 aliphatic carbocycles. The molecule has 0 radical (unpaired) electrons. The van der Waals surface area contributed by atoms with Gasteiger partial charge in [-0.3, -0.25) is 0 Å². The van der Waals surface area contributed by atoms with Gasteiger partial charge in [-0.15, -0.1) is 0 Å². The lowest BCUT2D eigenvalue weighted by molar-refractivity contribution is 0.00851. The molecule has 6 aromatic rings. The van der Waals surface area contributed by atoms with Crippen molar-refractivity contribution in [3.63, 3.8) is 0 Å². The largest absolute Gasteiger partial charge is 0.497 e. The SMILES string of the molecule is CCC(C)(O)COc1ccc2cc(C3(c4ccc5cc(OC)ccc5c4)c4ccccc4-c4ccccc43)ccc2c1. The lowest BCUT2D eigenvalue weighted by Crippen LogP contribution is -2.31. The topological polar surface area (TPSA) is 38.7 Å². The Balaban J connectivity index is 1.44. The van der Waals surface area contributed by atoms with Gasteiger partial charge in [0.1, 0.15) is 18.1 Å². The van der Waals surface area contributed by atoms with Crippen molar-refractivity contribution in [2.24, 2.45) is 0 Å². The van der Waals surface area contributed by atoms with Gasteiger partial charge < -0.3 is 14.6 Å². The summed E-state index contributed by atoms with van der Waals surface area (Å²) in [5.41, 5.74) is 6.26. The van der Waals surface area contributed by atoms with Gasteiger partial charge in [-0.05, 0) is 105 Å². The molecule has 6 aromatic carbocycles. The zero-order valence-corrected chi connectivity index (χ0v) is 24.2. The quantitative estimate of drug-likeness (QED) is 0.215. The smallest absolute Gasteiger partial charge is 0.120 e. The lowest BCUT2D eigenvalue weighted by Gasteiger charge is -2.34. The van der Waals surface area contributed by atoms with Gasteiger partial charge >= 0.3 is 0 Å². The summed E-state index contributed by atoms with van der Waals surface area (Å²) < 4.78 is 11.5. The number of rotatable bonds is 7. The highest BCUT2D eigenvalue weighted by atomic mass is 16.5. The molecule has 0 aromatic heterocycles. The van der Waals surface area contributed by atoms with Crippen LogP contribution >= 0.6 is 0 Å². The number of hydrogen-bond acceptors (Lipinski definition) is 3. The highest BCUT2D eigenvalue weighted by molar-refractivity contribution is 5.92. The average molecular weight is 551 g/mol. The summed E-state index contributed by atoms with van der Waals surface area (Å²) in [6.45, 7) is 4.03. The molecule has 1 atom stereocenters. The summed E-state index contributed by atoms with van der Waals surface area (Å²) >= 11 is 0. The number of ether oxygens (including phenoxy) is 2. The van der Waals surface area contributed by atoms with Crippen LogP contribution < -0.4 is 9.47 Å². The number of hydrogen-bond donors (Lipinski definition) is 1. The monoisotopic (exact) mass is 550 g/mol. The first kappa shape index (κ1) is 26.3. The molecule has 0 saturated carbocycles. The summed E-state index contributed by atoms with van der Waals surface area (Å²) in [5.74, 6) is 1.62. The molecule has 1 unspecified atom stereocenters. The van der Waals surface area contributed by atoms with E-state index in [1.165, 1.54) is 38.8 Å². The minimum atomic E-state index is -0.848. The number of fused-ring (bicyclic) bond motifs is 5. The normalized spacial score (nSPS) is 14.8. The van der Waals surface area contributed by atoms with Crippen molar-refractivity contribution in [2.75, 3.05) is 13.7 Å². The van der Waals surface area contributed by atoms with Crippen LogP contribution in [0.3, 0.4) is 0 Å². The van der Waals surface area contributed by atoms with Crippen LogP contribution in [-0.2, 0) is 5.41 Å². The first-order valence-electron chi connectivity index (χ1n) is 14.6. The van der Waals surface area contributed by atoms with E-state index >= 15 is 0 Å². The second kappa shape index (κ2) is 10.0. The molecule has 3 heteroatoms. The maximum absolute atomic E-state index is 10.4. The van der Waals surface area contributed by atoms with E-state index in [9.17, 15) is 5.11 Å². The van der Waals surface area contributed by atoms with E-state index in [0.29, 0.717) is 6.42 Å². The van der Waals surface area contributed by atoms with E-state index in [0.717, 1.165) is 27.7 Å². The Morgan fingerprint density at radius 2 is 1.10 bits per heavy atom. The molecule has 1 aliphatic rings. The molecule has 0 heterocycles. The van der Waals surface area contributed by atoms with Gasteiger partial charge in [0.15, 0.2) is 0 Å². The predicted molar refractivity (Wildman–Crippen MR) is 172 cm³/mol. The molecule has 42 heavy (non-hydrogen) atoms. The molecule has 1 N–H and O–H groups in total. The van der Waals surface area contributed by atoms with Crippen molar-refractivity contribution in [3.8, 4) is 22.6 Å². The second-order valence-corrected chi connectivity index (χ2v) is 11.6. The van der Waals surface area contributed by atoms with Gasteiger partial charge in [0.05, 0.1) is 18.1 Å². The van der Waals surface area contributed by atoms with E-state index in [-0.39, 0.29) is 6.61 Å². The second-order valence-electron chi connectivity index (χ2n) is 11.6. The van der Waals surface area contributed by atoms with E-state index in [1.807, 2.05) is 19.1 Å². The van der Waals surface area contributed by atoms with Gasteiger partial charge in [0.25, 0.3) is 0 Å². The Hall–Kier alpha value is -4.60. The van der Waals surface area contributed by atoms with Crippen LogP contribution in [0, 0.1) is 0 Å². The van der Waals surface area contributed by atoms with Crippen molar-refractivity contribution in [3.05, 3.63) is 144 Å². The minimum Gasteiger partial charge on any atom is -0.497 e. The summed E-state index contributed by atoms with van der Waals surface area (Å²) in [6.07, 6.45) is 0.636. The summed E-state index contributed by atoms with van der Waals surface area (Å²) in [5, 5.41) is 15.0. The standard InChI is InChI=1S/C39H34O3/c1-4-38(2,40)25-42-33-20-16-27-22-31(18-14-29(27)24-33)39(30-17-13-28-23-32(41-3)19-15-26(28)21-30)36-11-7-5-9-34(36)35-10-6-8-12-37(35)39/h5-24,40H,4,25H2,1-3H3. The van der Waals surface area contributed by atoms with E-state index < -0.39 is 11.0 Å². The first-order chi connectivity index (χ1) is 20.4. The van der Waals surface area contributed by atoms with Crippen LogP contribution in [0.15, 0.2) is 121 Å². The molecular formula is C39H34O3. The zero-order valence-electron chi connectivity index (χ0n) is 24.2. The van der Waals surface area contributed by atoms with E-state index in [2.05, 4.69) is 109 Å². The Kier molecular flexibility index (Phi) is 6.29. The van der Waals surface area contributed by atoms with E-state index in [4.69, 9.17) is 9.47 Å². The van der Waals surface area contributed by atoms with Gasteiger partial charge in [0.2, 0.25) is 0 Å². The fraction of sp³-hybridized carbons (Fsp3) is 0.179. The third-order valence-corrected chi connectivity index (χ3v) is 8.99. The fourth-order valence-corrected chi connectivity index (χ4v) is 6.50. The number of methoxy groups -OCH3 is 1. The molecule has 7 rings (SSSR count). The summed E-state index contributed by atoms with van der Waals surface area (Å²) in [7, 11) is 1.71. The molecule has 0 fully saturated rings. The zero-order chi connectivity index (χ0) is 28.9. The van der Waals surface area contributed by atoms with E-state index in [1.54, 1.807) is 14.0 Å². The van der Waals surface area contributed by atoms with Crippen LogP contribution in [0.4, 0.5) is 0 Å².